The van der Waals surface area contributed by atoms with Crippen LogP contribution >= 0.6 is 0 Å². The SMILES string of the molecule is CC(NCCc1ccccc1)OCCN. The Hall–Kier alpha value is -0.900. The Bertz CT molecular complexity index is 251. The number of hydrogen-bond donors (Lipinski definition) is 2. The molecule has 1 atom stereocenters. The van der Waals surface area contributed by atoms with Gasteiger partial charge in [0, 0.05) is 13.1 Å². The van der Waals surface area contributed by atoms with Gasteiger partial charge in [-0.1, -0.05) is 30.3 Å². The van der Waals surface area contributed by atoms with Crippen LogP contribution in [0.15, 0.2) is 30.3 Å². The van der Waals surface area contributed by atoms with Crippen molar-refractivity contribution in [2.75, 3.05) is 19.7 Å². The van der Waals surface area contributed by atoms with E-state index in [4.69, 9.17) is 10.5 Å². The number of nitrogens with two attached hydrogens (primary N) is 1. The summed E-state index contributed by atoms with van der Waals surface area (Å²) >= 11 is 0. The van der Waals surface area contributed by atoms with Crippen molar-refractivity contribution in [2.24, 2.45) is 5.73 Å². The predicted octanol–water partition coefficient (Wildman–Crippen LogP) is 1.14. The average molecular weight is 208 g/mol. The lowest BCUT2D eigenvalue weighted by Crippen LogP contribution is -2.32. The fraction of sp³-hybridized carbons (Fsp3) is 0.500. The van der Waals surface area contributed by atoms with Crippen molar-refractivity contribution in [3.05, 3.63) is 35.9 Å². The second kappa shape index (κ2) is 7.40. The predicted molar refractivity (Wildman–Crippen MR) is 62.6 cm³/mol. The first-order valence-electron chi connectivity index (χ1n) is 5.42. The van der Waals surface area contributed by atoms with E-state index in [1.54, 1.807) is 0 Å². The lowest BCUT2D eigenvalue weighted by Gasteiger charge is -2.14. The summed E-state index contributed by atoms with van der Waals surface area (Å²) in [6.07, 6.45) is 1.11. The largest absolute Gasteiger partial charge is 0.362 e. The first-order chi connectivity index (χ1) is 7.33. The minimum absolute atomic E-state index is 0.0808. The van der Waals surface area contributed by atoms with Crippen LogP contribution in [0, 0.1) is 0 Å². The molecule has 0 aromatic heterocycles. The van der Waals surface area contributed by atoms with E-state index in [0.717, 1.165) is 13.0 Å². The molecule has 0 heterocycles. The summed E-state index contributed by atoms with van der Waals surface area (Å²) in [6.45, 7) is 4.11. The molecule has 1 unspecified atom stereocenters. The first-order valence-corrected chi connectivity index (χ1v) is 5.42. The fourth-order valence-corrected chi connectivity index (χ4v) is 1.37. The highest BCUT2D eigenvalue weighted by molar-refractivity contribution is 5.14. The van der Waals surface area contributed by atoms with E-state index in [9.17, 15) is 0 Å². The van der Waals surface area contributed by atoms with Crippen LogP contribution < -0.4 is 11.1 Å². The van der Waals surface area contributed by atoms with Crippen molar-refractivity contribution in [3.8, 4) is 0 Å². The zero-order chi connectivity index (χ0) is 10.9. The van der Waals surface area contributed by atoms with Gasteiger partial charge in [0.25, 0.3) is 0 Å². The number of nitrogens with one attached hydrogen (secondary N) is 1. The van der Waals surface area contributed by atoms with Gasteiger partial charge in [-0.15, -0.1) is 0 Å². The molecule has 15 heavy (non-hydrogen) atoms. The van der Waals surface area contributed by atoms with E-state index in [1.165, 1.54) is 5.56 Å². The molecule has 0 aliphatic rings. The maximum atomic E-state index is 5.39. The van der Waals surface area contributed by atoms with E-state index in [2.05, 4.69) is 29.6 Å². The van der Waals surface area contributed by atoms with E-state index in [-0.39, 0.29) is 6.23 Å². The quantitative estimate of drug-likeness (QED) is 0.661. The van der Waals surface area contributed by atoms with Crippen molar-refractivity contribution in [3.63, 3.8) is 0 Å². The van der Waals surface area contributed by atoms with Crippen molar-refractivity contribution in [2.45, 2.75) is 19.6 Å². The topological polar surface area (TPSA) is 47.3 Å². The molecule has 0 aliphatic carbocycles. The highest BCUT2D eigenvalue weighted by atomic mass is 16.5. The Kier molecular flexibility index (Phi) is 6.00. The van der Waals surface area contributed by atoms with Crippen molar-refractivity contribution in [1.82, 2.24) is 5.32 Å². The van der Waals surface area contributed by atoms with Crippen molar-refractivity contribution in [1.29, 1.82) is 0 Å². The number of benzene rings is 1. The van der Waals surface area contributed by atoms with Gasteiger partial charge in [0.15, 0.2) is 0 Å². The zero-order valence-electron chi connectivity index (χ0n) is 9.28. The summed E-state index contributed by atoms with van der Waals surface area (Å²) in [4.78, 5) is 0. The van der Waals surface area contributed by atoms with Gasteiger partial charge in [-0.2, -0.15) is 0 Å². The van der Waals surface area contributed by atoms with E-state index >= 15 is 0 Å². The summed E-state index contributed by atoms with van der Waals surface area (Å²) in [6, 6.07) is 10.4. The molecule has 3 heteroatoms. The Morgan fingerprint density at radius 3 is 2.73 bits per heavy atom. The second-order valence-corrected chi connectivity index (χ2v) is 3.49. The smallest absolute Gasteiger partial charge is 0.105 e. The third-order valence-electron chi connectivity index (χ3n) is 2.17. The highest BCUT2D eigenvalue weighted by Gasteiger charge is 1.99. The normalized spacial score (nSPS) is 12.7. The Morgan fingerprint density at radius 1 is 1.33 bits per heavy atom. The fourth-order valence-electron chi connectivity index (χ4n) is 1.37. The maximum absolute atomic E-state index is 5.39. The summed E-state index contributed by atoms with van der Waals surface area (Å²) in [5, 5.41) is 3.29. The van der Waals surface area contributed by atoms with Crippen LogP contribution in [0.2, 0.25) is 0 Å². The van der Waals surface area contributed by atoms with Gasteiger partial charge in [0.2, 0.25) is 0 Å². The molecule has 3 N–H and O–H groups in total. The van der Waals surface area contributed by atoms with Crippen LogP contribution in [0.25, 0.3) is 0 Å². The van der Waals surface area contributed by atoms with Crippen LogP contribution in [0.1, 0.15) is 12.5 Å². The molecular formula is C12H20N2O. The number of rotatable bonds is 7. The van der Waals surface area contributed by atoms with Crippen LogP contribution in [0.4, 0.5) is 0 Å². The molecule has 0 saturated heterocycles. The second-order valence-electron chi connectivity index (χ2n) is 3.49. The Morgan fingerprint density at radius 2 is 2.07 bits per heavy atom. The Balaban J connectivity index is 2.11. The third-order valence-corrected chi connectivity index (χ3v) is 2.17. The molecule has 0 aliphatic heterocycles. The van der Waals surface area contributed by atoms with Gasteiger partial charge in [0.1, 0.15) is 6.23 Å². The van der Waals surface area contributed by atoms with Crippen molar-refractivity contribution >= 4 is 0 Å². The van der Waals surface area contributed by atoms with Crippen LogP contribution in [-0.2, 0) is 11.2 Å². The average Bonchev–Trinajstić information content (AvgIpc) is 2.28. The van der Waals surface area contributed by atoms with Crippen molar-refractivity contribution < 1.29 is 4.74 Å². The monoisotopic (exact) mass is 208 g/mol. The number of hydrogen-bond acceptors (Lipinski definition) is 3. The molecule has 1 aromatic carbocycles. The zero-order valence-corrected chi connectivity index (χ0v) is 9.28. The number of ether oxygens (including phenoxy) is 1. The standard InChI is InChI=1S/C12H20N2O/c1-11(15-10-8-13)14-9-7-12-5-3-2-4-6-12/h2-6,11,14H,7-10,13H2,1H3. The molecule has 0 spiro atoms. The van der Waals surface area contributed by atoms with E-state index in [0.29, 0.717) is 13.2 Å². The summed E-state index contributed by atoms with van der Waals surface area (Å²) < 4.78 is 5.39. The molecule has 0 radical (unpaired) electrons. The van der Waals surface area contributed by atoms with Gasteiger partial charge in [0.05, 0.1) is 6.61 Å². The van der Waals surface area contributed by atoms with Crippen LogP contribution in [0.3, 0.4) is 0 Å². The summed E-state index contributed by atoms with van der Waals surface area (Å²) in [5.74, 6) is 0. The minimum atomic E-state index is 0.0808. The molecule has 0 bridgehead atoms. The van der Waals surface area contributed by atoms with Gasteiger partial charge in [-0.05, 0) is 18.9 Å². The molecule has 1 aromatic rings. The highest BCUT2D eigenvalue weighted by Crippen LogP contribution is 1.98. The van der Waals surface area contributed by atoms with Crippen LogP contribution in [0.5, 0.6) is 0 Å². The molecule has 0 saturated carbocycles. The molecule has 0 fully saturated rings. The van der Waals surface area contributed by atoms with Gasteiger partial charge in [-0.25, -0.2) is 0 Å². The maximum Gasteiger partial charge on any atom is 0.105 e. The third kappa shape index (κ3) is 5.52. The lowest BCUT2D eigenvalue weighted by molar-refractivity contribution is 0.0485. The molecular weight excluding hydrogens is 188 g/mol. The molecule has 1 rings (SSSR count). The Labute approximate surface area is 91.6 Å². The minimum Gasteiger partial charge on any atom is -0.362 e. The summed E-state index contributed by atoms with van der Waals surface area (Å²) in [7, 11) is 0. The molecule has 0 amide bonds. The van der Waals surface area contributed by atoms with Crippen LogP contribution in [-0.4, -0.2) is 25.9 Å². The van der Waals surface area contributed by atoms with E-state index < -0.39 is 0 Å². The van der Waals surface area contributed by atoms with Gasteiger partial charge >= 0.3 is 0 Å². The van der Waals surface area contributed by atoms with Gasteiger partial charge in [-0.3, -0.25) is 5.32 Å². The summed E-state index contributed by atoms with van der Waals surface area (Å²) in [5.41, 5.74) is 6.69. The van der Waals surface area contributed by atoms with Gasteiger partial charge < -0.3 is 10.5 Å². The molecule has 3 nitrogen and oxygen atoms in total. The molecule has 84 valence electrons. The van der Waals surface area contributed by atoms with E-state index in [1.807, 2.05) is 13.0 Å². The first kappa shape index (κ1) is 12.2. The lowest BCUT2D eigenvalue weighted by atomic mass is 10.1.